The van der Waals surface area contributed by atoms with Crippen molar-refractivity contribution in [3.8, 4) is 0 Å². The maximum atomic E-state index is 12.7. The molecule has 0 aromatic carbocycles. The highest BCUT2D eigenvalue weighted by Gasteiger charge is 2.48. The molecule has 2 rings (SSSR count). The summed E-state index contributed by atoms with van der Waals surface area (Å²) in [4.78, 5) is 50.9. The molecule has 11 nitrogen and oxygen atoms in total. The molecular formula is C25H41N3O8. The van der Waals surface area contributed by atoms with E-state index in [1.807, 2.05) is 6.08 Å². The van der Waals surface area contributed by atoms with Crippen molar-refractivity contribution in [3.63, 3.8) is 0 Å². The van der Waals surface area contributed by atoms with E-state index >= 15 is 0 Å². The first-order valence-corrected chi connectivity index (χ1v) is 12.7. The summed E-state index contributed by atoms with van der Waals surface area (Å²) in [5.74, 6) is -0.143. The van der Waals surface area contributed by atoms with E-state index in [4.69, 9.17) is 19.3 Å². The number of aliphatic carboxylic acids is 1. The van der Waals surface area contributed by atoms with Crippen molar-refractivity contribution in [2.75, 3.05) is 59.7 Å². The molecular weight excluding hydrogens is 470 g/mol. The van der Waals surface area contributed by atoms with E-state index in [2.05, 4.69) is 18.8 Å². The zero-order valence-corrected chi connectivity index (χ0v) is 21.5. The zero-order valence-electron chi connectivity index (χ0n) is 21.5. The van der Waals surface area contributed by atoms with Gasteiger partial charge in [-0.05, 0) is 30.6 Å². The summed E-state index contributed by atoms with van der Waals surface area (Å²) < 4.78 is 15.3. The average Bonchev–Trinajstić information content (AvgIpc) is 3.51. The van der Waals surface area contributed by atoms with Crippen LogP contribution in [0.25, 0.3) is 0 Å². The van der Waals surface area contributed by atoms with Gasteiger partial charge in [0.05, 0.1) is 19.2 Å². The second-order valence-electron chi connectivity index (χ2n) is 9.40. The van der Waals surface area contributed by atoms with Gasteiger partial charge in [-0.3, -0.25) is 14.5 Å². The Morgan fingerprint density at radius 1 is 1.08 bits per heavy atom. The topological polar surface area (TPSA) is 135 Å². The Hall–Kier alpha value is -2.66. The molecule has 2 N–H and O–H groups in total. The third-order valence-electron chi connectivity index (χ3n) is 6.84. The predicted molar refractivity (Wildman–Crippen MR) is 131 cm³/mol. The number of carbonyl (C=O) groups excluding carboxylic acids is 3. The summed E-state index contributed by atoms with van der Waals surface area (Å²) in [6.45, 7) is 6.93. The minimum Gasteiger partial charge on any atom is -0.480 e. The number of allylic oxidation sites excluding steroid dienone is 1. The number of carboxylic acid groups (broad SMARTS) is 1. The van der Waals surface area contributed by atoms with Crippen molar-refractivity contribution >= 4 is 23.9 Å². The summed E-state index contributed by atoms with van der Waals surface area (Å²) in [6, 6.07) is -0.443. The van der Waals surface area contributed by atoms with E-state index in [9.17, 15) is 19.2 Å². The minimum atomic E-state index is -0.995. The van der Waals surface area contributed by atoms with Crippen LogP contribution in [-0.4, -0.2) is 105 Å². The second-order valence-corrected chi connectivity index (χ2v) is 9.40. The molecule has 0 bridgehead atoms. The number of carbonyl (C=O) groups is 4. The number of ether oxygens (including phenoxy) is 3. The molecule has 4 atom stereocenters. The van der Waals surface area contributed by atoms with Gasteiger partial charge in [-0.2, -0.15) is 0 Å². The first-order valence-electron chi connectivity index (χ1n) is 12.7. The Morgan fingerprint density at radius 3 is 2.50 bits per heavy atom. The number of alkyl carbamates (subject to hydrolysis) is 1. The fourth-order valence-electron chi connectivity index (χ4n) is 4.93. The largest absolute Gasteiger partial charge is 0.480 e. The number of rotatable bonds is 16. The zero-order chi connectivity index (χ0) is 26.5. The molecule has 1 saturated carbocycles. The van der Waals surface area contributed by atoms with Crippen LogP contribution in [-0.2, 0) is 28.6 Å². The molecule has 1 aliphatic carbocycles. The Morgan fingerprint density at radius 2 is 1.83 bits per heavy atom. The quantitative estimate of drug-likeness (QED) is 0.234. The van der Waals surface area contributed by atoms with Crippen LogP contribution in [0, 0.1) is 17.8 Å². The van der Waals surface area contributed by atoms with Gasteiger partial charge in [-0.1, -0.05) is 25.8 Å². The molecule has 0 aromatic heterocycles. The molecule has 1 heterocycles. The van der Waals surface area contributed by atoms with E-state index in [1.54, 1.807) is 9.80 Å². The molecule has 1 unspecified atom stereocenters. The lowest BCUT2D eigenvalue weighted by molar-refractivity contribution is -0.152. The van der Waals surface area contributed by atoms with Crippen molar-refractivity contribution in [3.05, 3.63) is 12.7 Å². The fourth-order valence-corrected chi connectivity index (χ4v) is 4.93. The van der Waals surface area contributed by atoms with Gasteiger partial charge >= 0.3 is 18.0 Å². The molecule has 36 heavy (non-hydrogen) atoms. The van der Waals surface area contributed by atoms with E-state index < -0.39 is 24.1 Å². The normalized spacial score (nSPS) is 23.6. The lowest BCUT2D eigenvalue weighted by atomic mass is 10.1. The standard InChI is InChI=1S/C25H41N3O8/c1-4-6-8-20-19(7-5-2)21(20)16-36-25(33)26-10-9-22(29)28-12-11-27(14-23(30)31)18(13-28)15-35-24(32)17-34-3/h4,18-21H,1,5-17H2,2-3H3,(H,26,33)(H,30,31)/t18?,19-,20+,21-/m0/s1. The summed E-state index contributed by atoms with van der Waals surface area (Å²) in [7, 11) is 1.37. The van der Waals surface area contributed by atoms with Crippen LogP contribution < -0.4 is 5.32 Å². The highest BCUT2D eigenvalue weighted by atomic mass is 16.6. The van der Waals surface area contributed by atoms with E-state index in [0.717, 1.165) is 25.7 Å². The first kappa shape index (κ1) is 29.6. The lowest BCUT2D eigenvalue weighted by Gasteiger charge is -2.40. The van der Waals surface area contributed by atoms with E-state index in [0.29, 0.717) is 37.5 Å². The molecule has 2 aliphatic rings. The third-order valence-corrected chi connectivity index (χ3v) is 6.84. The SMILES string of the molecule is C=CCC[C@@H]1[C@H](CCC)[C@@H]1COC(=O)NCCC(=O)N1CCN(CC(=O)O)C(COC(=O)COC)C1. The Balaban J connectivity index is 1.73. The Bertz CT molecular complexity index is 762. The fraction of sp³-hybridized carbons (Fsp3) is 0.760. The lowest BCUT2D eigenvalue weighted by Crippen LogP contribution is -2.57. The van der Waals surface area contributed by atoms with Gasteiger partial charge in [0, 0.05) is 39.7 Å². The molecule has 2 fully saturated rings. The van der Waals surface area contributed by atoms with Gasteiger partial charge in [0.2, 0.25) is 5.91 Å². The average molecular weight is 512 g/mol. The monoisotopic (exact) mass is 511 g/mol. The summed E-state index contributed by atoms with van der Waals surface area (Å²) >= 11 is 0. The first-order chi connectivity index (χ1) is 17.3. The van der Waals surface area contributed by atoms with Gasteiger partial charge in [0.25, 0.3) is 0 Å². The van der Waals surface area contributed by atoms with Crippen molar-refractivity contribution in [1.82, 2.24) is 15.1 Å². The number of hydrogen-bond donors (Lipinski definition) is 2. The molecule has 0 radical (unpaired) electrons. The van der Waals surface area contributed by atoms with Gasteiger partial charge < -0.3 is 29.5 Å². The van der Waals surface area contributed by atoms with Crippen molar-refractivity contribution in [2.45, 2.75) is 45.1 Å². The maximum Gasteiger partial charge on any atom is 0.407 e. The number of piperazine rings is 1. The number of methoxy groups -OCH3 is 1. The predicted octanol–water partition coefficient (Wildman–Crippen LogP) is 1.52. The highest BCUT2D eigenvalue weighted by Crippen LogP contribution is 2.52. The maximum absolute atomic E-state index is 12.7. The van der Waals surface area contributed by atoms with Crippen LogP contribution in [0.5, 0.6) is 0 Å². The molecule has 0 spiro atoms. The third kappa shape index (κ3) is 9.77. The number of amides is 2. The second kappa shape index (κ2) is 15.5. The van der Waals surface area contributed by atoms with Crippen LogP contribution >= 0.6 is 0 Å². The van der Waals surface area contributed by atoms with Gasteiger partial charge in [0.1, 0.15) is 13.2 Å². The number of nitrogens with zero attached hydrogens (tertiary/aromatic N) is 2. The Kier molecular flexibility index (Phi) is 12.7. The molecule has 1 saturated heterocycles. The molecule has 0 aromatic rings. The molecule has 1 aliphatic heterocycles. The summed E-state index contributed by atoms with van der Waals surface area (Å²) in [6.07, 6.45) is 5.78. The Labute approximate surface area is 213 Å². The van der Waals surface area contributed by atoms with Crippen molar-refractivity contribution in [2.24, 2.45) is 17.8 Å². The van der Waals surface area contributed by atoms with Gasteiger partial charge in [-0.15, -0.1) is 6.58 Å². The van der Waals surface area contributed by atoms with E-state index in [-0.39, 0.29) is 45.2 Å². The number of carboxylic acids is 1. The van der Waals surface area contributed by atoms with Crippen LogP contribution in [0.4, 0.5) is 4.79 Å². The minimum absolute atomic E-state index is 0.0438. The highest BCUT2D eigenvalue weighted by molar-refractivity contribution is 5.77. The van der Waals surface area contributed by atoms with Crippen LogP contribution in [0.15, 0.2) is 12.7 Å². The summed E-state index contributed by atoms with van der Waals surface area (Å²) in [5.41, 5.74) is 0. The molecule has 2 amide bonds. The summed E-state index contributed by atoms with van der Waals surface area (Å²) in [5, 5.41) is 11.8. The number of esters is 1. The van der Waals surface area contributed by atoms with Gasteiger partial charge in [-0.25, -0.2) is 9.59 Å². The van der Waals surface area contributed by atoms with Crippen molar-refractivity contribution < 1.29 is 38.5 Å². The molecule has 204 valence electrons. The van der Waals surface area contributed by atoms with Crippen LogP contribution in [0.2, 0.25) is 0 Å². The molecule has 11 heteroatoms. The van der Waals surface area contributed by atoms with Gasteiger partial charge in [0.15, 0.2) is 0 Å². The van der Waals surface area contributed by atoms with Crippen LogP contribution in [0.3, 0.4) is 0 Å². The van der Waals surface area contributed by atoms with Crippen molar-refractivity contribution in [1.29, 1.82) is 0 Å². The van der Waals surface area contributed by atoms with Crippen LogP contribution in [0.1, 0.15) is 39.0 Å². The number of nitrogens with one attached hydrogen (secondary N) is 1. The smallest absolute Gasteiger partial charge is 0.407 e. The number of hydrogen-bond acceptors (Lipinski definition) is 8. The van der Waals surface area contributed by atoms with E-state index in [1.165, 1.54) is 7.11 Å².